The highest BCUT2D eigenvalue weighted by Crippen LogP contribution is 2.31. The average Bonchev–Trinajstić information content (AvgIpc) is 2.25. The summed E-state index contributed by atoms with van der Waals surface area (Å²) in [6, 6.07) is 5.34. The van der Waals surface area contributed by atoms with Gasteiger partial charge in [0.15, 0.2) is 0 Å². The zero-order valence-electron chi connectivity index (χ0n) is 11.4. The maximum atomic E-state index is 11.9. The molecular formula is C14H19BrO3. The van der Waals surface area contributed by atoms with Gasteiger partial charge >= 0.3 is 5.97 Å². The van der Waals surface area contributed by atoms with Crippen LogP contribution in [0.15, 0.2) is 18.2 Å². The Morgan fingerprint density at radius 3 is 2.39 bits per heavy atom. The molecule has 0 aliphatic heterocycles. The van der Waals surface area contributed by atoms with Crippen LogP contribution in [0.2, 0.25) is 0 Å². The van der Waals surface area contributed by atoms with Gasteiger partial charge in [0.2, 0.25) is 0 Å². The van der Waals surface area contributed by atoms with Crippen molar-refractivity contribution < 1.29 is 14.3 Å². The molecule has 0 saturated carbocycles. The molecule has 1 unspecified atom stereocenters. The van der Waals surface area contributed by atoms with Gasteiger partial charge < -0.3 is 9.47 Å². The van der Waals surface area contributed by atoms with Gasteiger partial charge in [-0.3, -0.25) is 0 Å². The summed E-state index contributed by atoms with van der Waals surface area (Å²) in [4.78, 5) is 12.1. The van der Waals surface area contributed by atoms with Crippen LogP contribution in [0.25, 0.3) is 0 Å². The fourth-order valence-corrected chi connectivity index (χ4v) is 1.88. The maximum Gasteiger partial charge on any atom is 0.338 e. The third-order valence-corrected chi connectivity index (χ3v) is 2.79. The smallest absolute Gasteiger partial charge is 0.338 e. The van der Waals surface area contributed by atoms with E-state index in [0.29, 0.717) is 11.3 Å². The number of benzene rings is 1. The molecule has 1 aromatic carbocycles. The van der Waals surface area contributed by atoms with Gasteiger partial charge in [-0.15, -0.1) is 0 Å². The summed E-state index contributed by atoms with van der Waals surface area (Å²) in [5, 5.41) is 0. The molecule has 18 heavy (non-hydrogen) atoms. The molecular weight excluding hydrogens is 296 g/mol. The molecule has 0 spiro atoms. The lowest BCUT2D eigenvalue weighted by molar-refractivity contribution is 0.00692. The van der Waals surface area contributed by atoms with Gasteiger partial charge in [-0.1, -0.05) is 22.0 Å². The highest BCUT2D eigenvalue weighted by Gasteiger charge is 2.19. The minimum Gasteiger partial charge on any atom is -0.496 e. The Hall–Kier alpha value is -1.03. The monoisotopic (exact) mass is 314 g/mol. The molecule has 0 aliphatic rings. The van der Waals surface area contributed by atoms with E-state index in [9.17, 15) is 4.79 Å². The van der Waals surface area contributed by atoms with E-state index in [0.717, 1.165) is 5.56 Å². The van der Waals surface area contributed by atoms with Crippen LogP contribution in [-0.4, -0.2) is 18.7 Å². The first-order valence-electron chi connectivity index (χ1n) is 5.80. The normalized spacial score (nSPS) is 13.0. The van der Waals surface area contributed by atoms with E-state index < -0.39 is 5.60 Å². The van der Waals surface area contributed by atoms with Crippen molar-refractivity contribution in [2.24, 2.45) is 0 Å². The molecule has 0 bridgehead atoms. The van der Waals surface area contributed by atoms with E-state index in [1.54, 1.807) is 19.2 Å². The van der Waals surface area contributed by atoms with Gasteiger partial charge in [0, 0.05) is 10.4 Å². The zero-order chi connectivity index (χ0) is 13.9. The number of methoxy groups -OCH3 is 1. The van der Waals surface area contributed by atoms with E-state index in [4.69, 9.17) is 9.47 Å². The van der Waals surface area contributed by atoms with Crippen molar-refractivity contribution in [3.63, 3.8) is 0 Å². The van der Waals surface area contributed by atoms with E-state index in [1.807, 2.05) is 33.8 Å². The van der Waals surface area contributed by atoms with Crippen LogP contribution in [-0.2, 0) is 4.74 Å². The van der Waals surface area contributed by atoms with Crippen molar-refractivity contribution >= 4 is 21.9 Å². The number of esters is 1. The first-order chi connectivity index (χ1) is 8.24. The minimum atomic E-state index is -0.494. The molecule has 0 amide bonds. The number of carbonyl (C=O) groups excluding carboxylic acids is 1. The molecule has 1 atom stereocenters. The molecule has 0 radical (unpaired) electrons. The lowest BCUT2D eigenvalue weighted by atomic mass is 10.1. The zero-order valence-corrected chi connectivity index (χ0v) is 13.0. The van der Waals surface area contributed by atoms with Gasteiger partial charge in [-0.05, 0) is 39.8 Å². The summed E-state index contributed by atoms with van der Waals surface area (Å²) < 4.78 is 10.6. The first-order valence-corrected chi connectivity index (χ1v) is 6.71. The Bertz CT molecular complexity index is 433. The molecule has 0 heterocycles. The quantitative estimate of drug-likeness (QED) is 0.622. The molecule has 0 aliphatic carbocycles. The number of hydrogen-bond acceptors (Lipinski definition) is 3. The number of ether oxygens (including phenoxy) is 2. The summed E-state index contributed by atoms with van der Waals surface area (Å²) in [6.07, 6.45) is 0. The predicted octanol–water partition coefficient (Wildman–Crippen LogP) is 4.11. The molecule has 0 saturated heterocycles. The van der Waals surface area contributed by atoms with Crippen molar-refractivity contribution in [3.05, 3.63) is 29.3 Å². The van der Waals surface area contributed by atoms with Crippen LogP contribution in [0.5, 0.6) is 5.75 Å². The molecule has 0 N–H and O–H groups in total. The molecule has 0 fully saturated rings. The summed E-state index contributed by atoms with van der Waals surface area (Å²) in [5.74, 6) is 0.345. The topological polar surface area (TPSA) is 35.5 Å². The molecule has 3 nitrogen and oxygen atoms in total. The van der Waals surface area contributed by atoms with Crippen molar-refractivity contribution in [1.82, 2.24) is 0 Å². The van der Waals surface area contributed by atoms with E-state index in [1.165, 1.54) is 0 Å². The fraction of sp³-hybridized carbons (Fsp3) is 0.500. The fourth-order valence-electron chi connectivity index (χ4n) is 1.50. The molecule has 0 aromatic heterocycles. The SMILES string of the molecule is COc1cc(C(=O)OC(C)(C)C)ccc1C(C)Br. The highest BCUT2D eigenvalue weighted by atomic mass is 79.9. The van der Waals surface area contributed by atoms with Crippen LogP contribution in [0.4, 0.5) is 0 Å². The van der Waals surface area contributed by atoms with E-state index in [2.05, 4.69) is 15.9 Å². The molecule has 100 valence electrons. The Morgan fingerprint density at radius 2 is 1.94 bits per heavy atom. The molecule has 4 heteroatoms. The second-order valence-corrected chi connectivity index (χ2v) is 6.45. The van der Waals surface area contributed by atoms with E-state index >= 15 is 0 Å². The third kappa shape index (κ3) is 4.02. The second-order valence-electron chi connectivity index (χ2n) is 5.07. The van der Waals surface area contributed by atoms with Crippen LogP contribution >= 0.6 is 15.9 Å². The van der Waals surface area contributed by atoms with Crippen LogP contribution < -0.4 is 4.74 Å². The Kier molecular flexibility index (Phi) is 4.79. The van der Waals surface area contributed by atoms with Gasteiger partial charge in [-0.25, -0.2) is 4.79 Å². The molecule has 1 aromatic rings. The molecule has 1 rings (SSSR count). The standard InChI is InChI=1S/C14H19BrO3/c1-9(15)11-7-6-10(8-12(11)17-5)13(16)18-14(2,3)4/h6-9H,1-5H3. The summed E-state index contributed by atoms with van der Waals surface area (Å²) in [6.45, 7) is 7.54. The maximum absolute atomic E-state index is 11.9. The number of hydrogen-bond donors (Lipinski definition) is 0. The number of halogens is 1. The predicted molar refractivity (Wildman–Crippen MR) is 75.5 cm³/mol. The summed E-state index contributed by atoms with van der Waals surface area (Å²) >= 11 is 3.49. The van der Waals surface area contributed by atoms with Crippen LogP contribution in [0, 0.1) is 0 Å². The lowest BCUT2D eigenvalue weighted by Gasteiger charge is -2.20. The number of alkyl halides is 1. The third-order valence-electron chi connectivity index (χ3n) is 2.30. The minimum absolute atomic E-state index is 0.167. The highest BCUT2D eigenvalue weighted by molar-refractivity contribution is 9.09. The summed E-state index contributed by atoms with van der Waals surface area (Å²) in [5.41, 5.74) is 1.01. The van der Waals surface area contributed by atoms with E-state index in [-0.39, 0.29) is 10.8 Å². The van der Waals surface area contributed by atoms with Crippen molar-refractivity contribution in [2.45, 2.75) is 38.1 Å². The lowest BCUT2D eigenvalue weighted by Crippen LogP contribution is -2.23. The number of carbonyl (C=O) groups is 1. The van der Waals surface area contributed by atoms with Crippen LogP contribution in [0.3, 0.4) is 0 Å². The first kappa shape index (κ1) is 15.0. The van der Waals surface area contributed by atoms with Crippen LogP contribution in [0.1, 0.15) is 48.4 Å². The van der Waals surface area contributed by atoms with Gasteiger partial charge in [0.25, 0.3) is 0 Å². The van der Waals surface area contributed by atoms with Gasteiger partial charge in [-0.2, -0.15) is 0 Å². The van der Waals surface area contributed by atoms with Crippen molar-refractivity contribution in [1.29, 1.82) is 0 Å². The Balaban J connectivity index is 3.02. The Labute approximate surface area is 117 Å². The van der Waals surface area contributed by atoms with Gasteiger partial charge in [0.1, 0.15) is 11.4 Å². The van der Waals surface area contributed by atoms with Gasteiger partial charge in [0.05, 0.1) is 12.7 Å². The summed E-state index contributed by atoms with van der Waals surface area (Å²) in [7, 11) is 1.59. The van der Waals surface area contributed by atoms with Crippen molar-refractivity contribution in [2.75, 3.05) is 7.11 Å². The van der Waals surface area contributed by atoms with Crippen molar-refractivity contribution in [3.8, 4) is 5.75 Å². The second kappa shape index (κ2) is 5.74. The average molecular weight is 315 g/mol. The Morgan fingerprint density at radius 1 is 1.33 bits per heavy atom. The largest absolute Gasteiger partial charge is 0.496 e. The number of rotatable bonds is 3.